The molecule has 0 amide bonds. The van der Waals surface area contributed by atoms with Gasteiger partial charge in [-0.2, -0.15) is 5.26 Å². The van der Waals surface area contributed by atoms with Crippen molar-refractivity contribution in [3.63, 3.8) is 0 Å². The highest BCUT2D eigenvalue weighted by Gasteiger charge is 2.16. The molecule has 0 saturated heterocycles. The molecule has 20 heavy (non-hydrogen) atoms. The maximum Gasteiger partial charge on any atom is 0.144 e. The van der Waals surface area contributed by atoms with Gasteiger partial charge < -0.3 is 11.1 Å². The molecule has 0 unspecified atom stereocenters. The van der Waals surface area contributed by atoms with Crippen LogP contribution < -0.4 is 11.1 Å². The van der Waals surface area contributed by atoms with Gasteiger partial charge in [-0.25, -0.2) is 4.98 Å². The Kier molecular flexibility index (Phi) is 3.26. The van der Waals surface area contributed by atoms with Crippen LogP contribution >= 0.6 is 0 Å². The Labute approximate surface area is 118 Å². The predicted octanol–water partition coefficient (Wildman–Crippen LogP) is 2.64. The Balaban J connectivity index is 1.80. The van der Waals surface area contributed by atoms with Crippen molar-refractivity contribution in [1.82, 2.24) is 4.98 Å². The quantitative estimate of drug-likeness (QED) is 0.836. The molecule has 1 aromatic heterocycles. The maximum atomic E-state index is 9.24. The van der Waals surface area contributed by atoms with Crippen molar-refractivity contribution in [2.24, 2.45) is 0 Å². The highest BCUT2D eigenvalue weighted by atomic mass is 15.0. The Morgan fingerprint density at radius 3 is 2.80 bits per heavy atom. The Hall–Kier alpha value is -2.54. The summed E-state index contributed by atoms with van der Waals surface area (Å²) in [6.07, 6.45) is 3.18. The number of nitrogen functional groups attached to an aromatic ring is 1. The zero-order valence-electron chi connectivity index (χ0n) is 11.2. The van der Waals surface area contributed by atoms with E-state index in [1.807, 2.05) is 30.3 Å². The topological polar surface area (TPSA) is 74.7 Å². The fraction of sp³-hybridized carbons (Fsp3) is 0.250. The fourth-order valence-corrected chi connectivity index (χ4v) is 2.51. The van der Waals surface area contributed by atoms with E-state index in [9.17, 15) is 5.26 Å². The number of nitrogens with one attached hydrogen (secondary N) is 1. The monoisotopic (exact) mass is 264 g/mol. The minimum absolute atomic E-state index is 0.626. The molecule has 0 saturated carbocycles. The third-order valence-corrected chi connectivity index (χ3v) is 3.61. The lowest BCUT2D eigenvalue weighted by atomic mass is 10.1. The molecule has 0 atom stereocenters. The molecule has 3 N–H and O–H groups in total. The zero-order chi connectivity index (χ0) is 13.9. The number of hydrogen-bond donors (Lipinski definition) is 2. The van der Waals surface area contributed by atoms with E-state index in [1.165, 1.54) is 5.56 Å². The van der Waals surface area contributed by atoms with E-state index in [0.29, 0.717) is 17.9 Å². The molecule has 1 aliphatic rings. The van der Waals surface area contributed by atoms with E-state index in [0.717, 1.165) is 36.2 Å². The van der Waals surface area contributed by atoms with Gasteiger partial charge >= 0.3 is 0 Å². The number of rotatable bonds is 3. The van der Waals surface area contributed by atoms with E-state index in [4.69, 9.17) is 5.73 Å². The van der Waals surface area contributed by atoms with Gasteiger partial charge in [0.15, 0.2) is 0 Å². The van der Waals surface area contributed by atoms with Crippen molar-refractivity contribution in [3.05, 3.63) is 52.7 Å². The lowest BCUT2D eigenvalue weighted by molar-refractivity contribution is 0.899. The van der Waals surface area contributed by atoms with Crippen molar-refractivity contribution in [3.8, 4) is 6.07 Å². The highest BCUT2D eigenvalue weighted by Crippen LogP contribution is 2.25. The van der Waals surface area contributed by atoms with Gasteiger partial charge in [0, 0.05) is 17.9 Å². The summed E-state index contributed by atoms with van der Waals surface area (Å²) < 4.78 is 0. The van der Waals surface area contributed by atoms with E-state index < -0.39 is 0 Å². The van der Waals surface area contributed by atoms with Gasteiger partial charge in [-0.3, -0.25) is 0 Å². The molecular weight excluding hydrogens is 248 g/mol. The number of fused-ring (bicyclic) bond motifs is 1. The zero-order valence-corrected chi connectivity index (χ0v) is 11.2. The van der Waals surface area contributed by atoms with Crippen LogP contribution in [0, 0.1) is 11.3 Å². The molecular formula is C16H16N4. The van der Waals surface area contributed by atoms with E-state index in [-0.39, 0.29) is 0 Å². The molecule has 2 aromatic rings. The van der Waals surface area contributed by atoms with E-state index in [1.54, 1.807) is 0 Å². The van der Waals surface area contributed by atoms with Crippen molar-refractivity contribution < 1.29 is 0 Å². The van der Waals surface area contributed by atoms with Gasteiger partial charge in [0.05, 0.1) is 5.56 Å². The van der Waals surface area contributed by atoms with Crippen molar-refractivity contribution >= 4 is 11.5 Å². The van der Waals surface area contributed by atoms with Gasteiger partial charge in [-0.15, -0.1) is 0 Å². The van der Waals surface area contributed by atoms with Crippen LogP contribution in [0.25, 0.3) is 0 Å². The Morgan fingerprint density at radius 1 is 1.25 bits per heavy atom. The van der Waals surface area contributed by atoms with Crippen LogP contribution in [-0.4, -0.2) is 4.98 Å². The second-order valence-electron chi connectivity index (χ2n) is 5.05. The lowest BCUT2D eigenvalue weighted by Gasteiger charge is -2.10. The molecule has 0 radical (unpaired) electrons. The average Bonchev–Trinajstić information content (AvgIpc) is 2.92. The van der Waals surface area contributed by atoms with Crippen LogP contribution in [0.4, 0.5) is 11.5 Å². The first-order chi connectivity index (χ1) is 9.76. The molecule has 0 bridgehead atoms. The van der Waals surface area contributed by atoms with Crippen LogP contribution in [-0.2, 0) is 19.4 Å². The number of nitrogens with zero attached hydrogens (tertiary/aromatic N) is 2. The van der Waals surface area contributed by atoms with E-state index in [2.05, 4.69) is 16.4 Å². The SMILES string of the molecule is N#Cc1cc2c(nc1NCc1ccc(N)cc1)CCC2. The summed E-state index contributed by atoms with van der Waals surface area (Å²) in [6, 6.07) is 11.9. The average molecular weight is 264 g/mol. The van der Waals surface area contributed by atoms with Crippen LogP contribution in [0.1, 0.15) is 28.8 Å². The summed E-state index contributed by atoms with van der Waals surface area (Å²) in [6.45, 7) is 0.640. The Bertz CT molecular complexity index is 668. The summed E-state index contributed by atoms with van der Waals surface area (Å²) in [5.41, 5.74) is 10.5. The summed E-state index contributed by atoms with van der Waals surface area (Å²) in [5, 5.41) is 12.5. The third kappa shape index (κ3) is 2.43. The van der Waals surface area contributed by atoms with Gasteiger partial charge in [-0.05, 0) is 48.6 Å². The number of nitriles is 1. The number of benzene rings is 1. The molecule has 0 spiro atoms. The summed E-state index contributed by atoms with van der Waals surface area (Å²) in [7, 11) is 0. The molecule has 1 aliphatic carbocycles. The van der Waals surface area contributed by atoms with Crippen LogP contribution in [0.3, 0.4) is 0 Å². The fourth-order valence-electron chi connectivity index (χ4n) is 2.51. The van der Waals surface area contributed by atoms with Gasteiger partial charge in [-0.1, -0.05) is 12.1 Å². The van der Waals surface area contributed by atoms with Crippen LogP contribution in [0.15, 0.2) is 30.3 Å². The molecule has 3 rings (SSSR count). The molecule has 100 valence electrons. The number of aryl methyl sites for hydroxylation is 2. The van der Waals surface area contributed by atoms with Crippen molar-refractivity contribution in [2.75, 3.05) is 11.1 Å². The summed E-state index contributed by atoms with van der Waals surface area (Å²) in [4.78, 5) is 4.60. The molecule has 0 aliphatic heterocycles. The van der Waals surface area contributed by atoms with Crippen LogP contribution in [0.5, 0.6) is 0 Å². The minimum Gasteiger partial charge on any atom is -0.399 e. The third-order valence-electron chi connectivity index (χ3n) is 3.61. The normalized spacial score (nSPS) is 12.8. The molecule has 1 heterocycles. The molecule has 0 fully saturated rings. The maximum absolute atomic E-state index is 9.24. The lowest BCUT2D eigenvalue weighted by Crippen LogP contribution is -2.05. The first kappa shape index (κ1) is 12.5. The molecule has 4 nitrogen and oxygen atoms in total. The Morgan fingerprint density at radius 2 is 2.05 bits per heavy atom. The summed E-state index contributed by atoms with van der Waals surface area (Å²) in [5.74, 6) is 0.685. The molecule has 4 heteroatoms. The van der Waals surface area contributed by atoms with Gasteiger partial charge in [0.25, 0.3) is 0 Å². The predicted molar refractivity (Wildman–Crippen MR) is 79.2 cm³/mol. The second kappa shape index (κ2) is 5.22. The second-order valence-corrected chi connectivity index (χ2v) is 5.05. The van der Waals surface area contributed by atoms with E-state index >= 15 is 0 Å². The standard InChI is InChI=1S/C16H16N4/c17-9-13-8-12-2-1-3-15(12)20-16(13)19-10-11-4-6-14(18)7-5-11/h4-8H,1-3,10,18H2,(H,19,20). The largest absolute Gasteiger partial charge is 0.399 e. The first-order valence-electron chi connectivity index (χ1n) is 6.77. The minimum atomic E-state index is 0.626. The van der Waals surface area contributed by atoms with Crippen molar-refractivity contribution in [2.45, 2.75) is 25.8 Å². The number of hydrogen-bond acceptors (Lipinski definition) is 4. The number of pyridine rings is 1. The molecule has 1 aromatic carbocycles. The number of aromatic nitrogens is 1. The highest BCUT2D eigenvalue weighted by molar-refractivity contribution is 5.55. The van der Waals surface area contributed by atoms with Crippen molar-refractivity contribution in [1.29, 1.82) is 5.26 Å². The first-order valence-corrected chi connectivity index (χ1v) is 6.77. The smallest absolute Gasteiger partial charge is 0.144 e. The number of anilines is 2. The summed E-state index contributed by atoms with van der Waals surface area (Å²) >= 11 is 0. The van der Waals surface area contributed by atoms with Gasteiger partial charge in [0.1, 0.15) is 11.9 Å². The number of nitrogens with two attached hydrogens (primary N) is 1. The van der Waals surface area contributed by atoms with Gasteiger partial charge in [0.2, 0.25) is 0 Å². The van der Waals surface area contributed by atoms with Crippen LogP contribution in [0.2, 0.25) is 0 Å².